The van der Waals surface area contributed by atoms with E-state index in [1.54, 1.807) is 23.1 Å². The third-order valence-corrected chi connectivity index (χ3v) is 5.30. The van der Waals surface area contributed by atoms with Crippen LogP contribution in [0.2, 0.25) is 0 Å². The molecule has 0 unspecified atom stereocenters. The molecule has 9 nitrogen and oxygen atoms in total. The molecule has 0 aromatic carbocycles. The summed E-state index contributed by atoms with van der Waals surface area (Å²) in [7, 11) is 1.82. The zero-order valence-corrected chi connectivity index (χ0v) is 16.6. The van der Waals surface area contributed by atoms with Crippen molar-refractivity contribution >= 4 is 10.9 Å². The van der Waals surface area contributed by atoms with Gasteiger partial charge >= 0.3 is 0 Å². The number of aliphatic hydroxyl groups is 1. The number of ether oxygens (including phenoxy) is 1. The van der Waals surface area contributed by atoms with E-state index in [1.807, 2.05) is 32.3 Å². The summed E-state index contributed by atoms with van der Waals surface area (Å²) in [5.41, 5.74) is 3.80. The van der Waals surface area contributed by atoms with Crippen LogP contribution in [-0.2, 0) is 11.8 Å². The van der Waals surface area contributed by atoms with Crippen molar-refractivity contribution in [1.29, 1.82) is 0 Å². The van der Waals surface area contributed by atoms with Gasteiger partial charge in [-0.05, 0) is 24.6 Å². The number of nitrogens with zero attached hydrogens (tertiary/aromatic N) is 6. The van der Waals surface area contributed by atoms with Gasteiger partial charge in [-0.3, -0.25) is 19.0 Å². The van der Waals surface area contributed by atoms with Crippen molar-refractivity contribution in [3.63, 3.8) is 0 Å². The van der Waals surface area contributed by atoms with Gasteiger partial charge in [0.1, 0.15) is 17.3 Å². The van der Waals surface area contributed by atoms with Crippen molar-refractivity contribution < 1.29 is 9.84 Å². The summed E-state index contributed by atoms with van der Waals surface area (Å²) in [4.78, 5) is 27.1. The van der Waals surface area contributed by atoms with E-state index in [2.05, 4.69) is 15.1 Å². The predicted molar refractivity (Wildman–Crippen MR) is 110 cm³/mol. The molecule has 152 valence electrons. The van der Waals surface area contributed by atoms with Gasteiger partial charge in [0.25, 0.3) is 5.56 Å². The molecule has 1 aliphatic rings. The third-order valence-electron chi connectivity index (χ3n) is 5.30. The van der Waals surface area contributed by atoms with E-state index in [4.69, 9.17) is 9.72 Å². The van der Waals surface area contributed by atoms with Gasteiger partial charge in [-0.1, -0.05) is 6.07 Å². The fourth-order valence-electron chi connectivity index (χ4n) is 3.67. The predicted octanol–water partition coefficient (Wildman–Crippen LogP) is 1.49. The van der Waals surface area contributed by atoms with E-state index >= 15 is 0 Å². The van der Waals surface area contributed by atoms with Crippen LogP contribution in [0, 0.1) is 6.92 Å². The van der Waals surface area contributed by atoms with Crippen molar-refractivity contribution in [3.8, 4) is 22.6 Å². The summed E-state index contributed by atoms with van der Waals surface area (Å²) < 4.78 is 8.44. The van der Waals surface area contributed by atoms with Gasteiger partial charge in [-0.25, -0.2) is 9.97 Å². The molecule has 1 N–H and O–H groups in total. The van der Waals surface area contributed by atoms with Gasteiger partial charge in [0.05, 0.1) is 48.6 Å². The number of fused-ring (bicyclic) bond motifs is 1. The molecule has 1 saturated heterocycles. The van der Waals surface area contributed by atoms with Gasteiger partial charge in [-0.15, -0.1) is 0 Å². The van der Waals surface area contributed by atoms with E-state index in [-0.39, 0.29) is 18.8 Å². The highest BCUT2D eigenvalue weighted by Gasteiger charge is 2.29. The number of aliphatic hydroxyl groups excluding tert-OH is 1. The normalized spacial score (nSPS) is 18.9. The van der Waals surface area contributed by atoms with Crippen LogP contribution in [0.25, 0.3) is 33.5 Å². The number of rotatable bonds is 3. The van der Waals surface area contributed by atoms with Crippen LogP contribution in [0.1, 0.15) is 11.6 Å². The van der Waals surface area contributed by atoms with Crippen LogP contribution in [0.15, 0.2) is 47.9 Å². The maximum absolute atomic E-state index is 13.4. The summed E-state index contributed by atoms with van der Waals surface area (Å²) in [5, 5.41) is 14.8. The van der Waals surface area contributed by atoms with E-state index in [0.29, 0.717) is 28.0 Å². The van der Waals surface area contributed by atoms with E-state index in [1.165, 1.54) is 10.9 Å². The Hall–Kier alpha value is -3.43. The van der Waals surface area contributed by atoms with Crippen LogP contribution in [-0.4, -0.2) is 53.7 Å². The Balaban J connectivity index is 1.78. The van der Waals surface area contributed by atoms with Crippen LogP contribution in [0.3, 0.4) is 0 Å². The SMILES string of the molecule is Cc1ccc(-c2cc3c(=O)n([C@@H]4COC[C@H]4O)cnc3c(-c3cnn(C)c3)n2)nc1. The quantitative estimate of drug-likeness (QED) is 0.551. The number of hydrogen-bond donors (Lipinski definition) is 1. The average molecular weight is 404 g/mol. The fraction of sp³-hybridized carbons (Fsp3) is 0.286. The zero-order chi connectivity index (χ0) is 20.8. The molecule has 0 spiro atoms. The molecular formula is C21H20N6O3. The zero-order valence-electron chi connectivity index (χ0n) is 16.6. The minimum atomic E-state index is -0.750. The minimum absolute atomic E-state index is 0.199. The molecule has 4 aromatic rings. The highest BCUT2D eigenvalue weighted by Crippen LogP contribution is 2.28. The van der Waals surface area contributed by atoms with Gasteiger partial charge in [0, 0.05) is 25.0 Å². The summed E-state index contributed by atoms with van der Waals surface area (Å²) in [5.74, 6) is 0. The Kier molecular flexibility index (Phi) is 4.41. The lowest BCUT2D eigenvalue weighted by atomic mass is 10.1. The molecule has 5 rings (SSSR count). The van der Waals surface area contributed by atoms with E-state index in [0.717, 1.165) is 11.1 Å². The van der Waals surface area contributed by atoms with Crippen LogP contribution in [0.5, 0.6) is 0 Å². The molecule has 4 aromatic heterocycles. The van der Waals surface area contributed by atoms with Crippen molar-refractivity contribution in [2.75, 3.05) is 13.2 Å². The maximum atomic E-state index is 13.4. The molecular weight excluding hydrogens is 384 g/mol. The third kappa shape index (κ3) is 3.08. The lowest BCUT2D eigenvalue weighted by Gasteiger charge is -2.16. The summed E-state index contributed by atoms with van der Waals surface area (Å²) in [6, 6.07) is 5.07. The fourth-order valence-corrected chi connectivity index (χ4v) is 3.67. The van der Waals surface area contributed by atoms with Crippen LogP contribution < -0.4 is 5.56 Å². The summed E-state index contributed by atoms with van der Waals surface area (Å²) in [6.45, 7) is 2.43. The average Bonchev–Trinajstić information content (AvgIpc) is 3.36. The highest BCUT2D eigenvalue weighted by atomic mass is 16.5. The molecule has 5 heterocycles. The molecule has 30 heavy (non-hydrogen) atoms. The largest absolute Gasteiger partial charge is 0.388 e. The maximum Gasteiger partial charge on any atom is 0.261 e. The Morgan fingerprint density at radius 2 is 2.03 bits per heavy atom. The first-order valence-electron chi connectivity index (χ1n) is 9.61. The molecule has 1 aliphatic heterocycles. The highest BCUT2D eigenvalue weighted by molar-refractivity contribution is 5.93. The first kappa shape index (κ1) is 18.6. The van der Waals surface area contributed by atoms with Gasteiger partial charge < -0.3 is 9.84 Å². The Labute approximate surface area is 171 Å². The number of pyridine rings is 2. The van der Waals surface area contributed by atoms with Crippen molar-refractivity contribution in [2.45, 2.75) is 19.1 Å². The minimum Gasteiger partial charge on any atom is -0.388 e. The summed E-state index contributed by atoms with van der Waals surface area (Å²) >= 11 is 0. The monoisotopic (exact) mass is 404 g/mol. The molecule has 9 heteroatoms. The second kappa shape index (κ2) is 7.12. The number of hydrogen-bond acceptors (Lipinski definition) is 7. The van der Waals surface area contributed by atoms with Crippen molar-refractivity contribution in [1.82, 2.24) is 29.3 Å². The smallest absolute Gasteiger partial charge is 0.261 e. The molecule has 1 fully saturated rings. The molecule has 0 radical (unpaired) electrons. The second-order valence-corrected chi connectivity index (χ2v) is 7.50. The number of aromatic nitrogens is 6. The molecule has 2 atom stereocenters. The Morgan fingerprint density at radius 1 is 1.17 bits per heavy atom. The lowest BCUT2D eigenvalue weighted by molar-refractivity contribution is 0.119. The Bertz CT molecular complexity index is 1290. The topological polar surface area (TPSA) is 108 Å². The van der Waals surface area contributed by atoms with E-state index < -0.39 is 12.1 Å². The van der Waals surface area contributed by atoms with Gasteiger partial charge in [0.15, 0.2) is 0 Å². The lowest BCUT2D eigenvalue weighted by Crippen LogP contribution is -2.32. The van der Waals surface area contributed by atoms with Crippen LogP contribution in [0.4, 0.5) is 0 Å². The van der Waals surface area contributed by atoms with Crippen LogP contribution >= 0.6 is 0 Å². The Morgan fingerprint density at radius 3 is 2.70 bits per heavy atom. The molecule has 0 aliphatic carbocycles. The van der Waals surface area contributed by atoms with E-state index in [9.17, 15) is 9.90 Å². The first-order chi connectivity index (χ1) is 14.5. The second-order valence-electron chi connectivity index (χ2n) is 7.50. The summed E-state index contributed by atoms with van der Waals surface area (Å²) in [6.07, 6.45) is 5.99. The van der Waals surface area contributed by atoms with Gasteiger partial charge in [-0.2, -0.15) is 5.10 Å². The van der Waals surface area contributed by atoms with Crippen molar-refractivity contribution in [3.05, 3.63) is 59.0 Å². The van der Waals surface area contributed by atoms with Gasteiger partial charge in [0.2, 0.25) is 0 Å². The standard InChI is InChI=1S/C21H20N6O3/c1-12-3-4-15(22-6-12)16-5-14-20(19(25-16)13-7-24-26(2)8-13)23-11-27(21(14)29)17-9-30-10-18(17)28/h3-8,11,17-18,28H,9-10H2,1-2H3/t17-,18-/m1/s1. The number of aryl methyl sites for hydroxylation is 2. The first-order valence-corrected chi connectivity index (χ1v) is 9.61. The molecule has 0 bridgehead atoms. The van der Waals surface area contributed by atoms with Crippen molar-refractivity contribution in [2.24, 2.45) is 7.05 Å². The molecule has 0 saturated carbocycles. The molecule has 0 amide bonds.